The molecule has 2 aliphatic rings. The van der Waals surface area contributed by atoms with Crippen LogP contribution in [0.25, 0.3) is 27.7 Å². The summed E-state index contributed by atoms with van der Waals surface area (Å²) in [4.78, 5) is 33.9. The minimum absolute atomic E-state index is 0.0121. The first kappa shape index (κ1) is 30.2. The molecule has 234 valence electrons. The molecule has 0 aliphatic carbocycles. The molecule has 1 N–H and O–H groups in total. The quantitative estimate of drug-likeness (QED) is 0.174. The predicted octanol–water partition coefficient (Wildman–Crippen LogP) is 5.89. The van der Waals surface area contributed by atoms with Crippen molar-refractivity contribution in [1.82, 2.24) is 14.5 Å². The van der Waals surface area contributed by atoms with E-state index in [1.165, 1.54) is 22.8 Å². The van der Waals surface area contributed by atoms with Crippen LogP contribution in [-0.2, 0) is 4.79 Å². The zero-order valence-corrected chi connectivity index (χ0v) is 24.9. The Morgan fingerprint density at radius 1 is 1.16 bits per heavy atom. The van der Waals surface area contributed by atoms with Gasteiger partial charge in [-0.2, -0.15) is 0 Å². The Kier molecular flexibility index (Phi) is 7.33. The van der Waals surface area contributed by atoms with Crippen LogP contribution >= 0.6 is 0 Å². The van der Waals surface area contributed by atoms with Gasteiger partial charge in [-0.25, -0.2) is 17.6 Å². The number of carbonyl (C=O) groups excluding carboxylic acids is 1. The van der Waals surface area contributed by atoms with E-state index in [4.69, 9.17) is 4.74 Å². The first-order valence-corrected chi connectivity index (χ1v) is 14.4. The number of anilines is 1. The van der Waals surface area contributed by atoms with E-state index in [9.17, 15) is 14.7 Å². The summed E-state index contributed by atoms with van der Waals surface area (Å²) in [6.07, 6.45) is 0.706. The first-order chi connectivity index (χ1) is 21.4. The van der Waals surface area contributed by atoms with Gasteiger partial charge >= 0.3 is 0 Å². The van der Waals surface area contributed by atoms with Crippen LogP contribution in [0.5, 0.6) is 11.5 Å². The van der Waals surface area contributed by atoms with E-state index < -0.39 is 69.7 Å². The molecule has 8 nitrogen and oxygen atoms in total. The number of aromatic hydroxyl groups is 1. The predicted molar refractivity (Wildman–Crippen MR) is 161 cm³/mol. The van der Waals surface area contributed by atoms with Gasteiger partial charge in [0, 0.05) is 18.1 Å². The van der Waals surface area contributed by atoms with E-state index in [0.717, 1.165) is 28.8 Å². The number of hydrogen-bond acceptors (Lipinski definition) is 6. The summed E-state index contributed by atoms with van der Waals surface area (Å²) < 4.78 is 71.5. The van der Waals surface area contributed by atoms with Gasteiger partial charge in [-0.15, -0.1) is 0 Å². The first-order valence-electron chi connectivity index (χ1n) is 14.4. The molecule has 1 amide bonds. The fourth-order valence-electron chi connectivity index (χ4n) is 6.40. The van der Waals surface area contributed by atoms with Gasteiger partial charge < -0.3 is 19.6 Å². The van der Waals surface area contributed by atoms with E-state index in [1.54, 1.807) is 19.2 Å². The fourth-order valence-corrected chi connectivity index (χ4v) is 6.40. The SMILES string of the molecule is C=CC(=O)N1CC2COc3c(c4cc(F)c(-c5c(O)cccc5F)c(F)c4n(-c4c(C)ccnc4C(C)C)c3=O)N2C(F)C1C. The number of aryl methyl sites for hydroxylation is 1. The number of ether oxygens (including phenoxy) is 1. The highest BCUT2D eigenvalue weighted by Crippen LogP contribution is 2.47. The number of fused-ring (bicyclic) bond motifs is 5. The Bertz CT molecular complexity index is 1940. The van der Waals surface area contributed by atoms with Crippen LogP contribution in [0.2, 0.25) is 0 Å². The highest BCUT2D eigenvalue weighted by atomic mass is 19.1. The second kappa shape index (κ2) is 10.9. The van der Waals surface area contributed by atoms with Crippen LogP contribution in [0.15, 0.2) is 54.0 Å². The minimum Gasteiger partial charge on any atom is -0.507 e. The molecule has 3 unspecified atom stereocenters. The van der Waals surface area contributed by atoms with Crippen LogP contribution in [0.4, 0.5) is 23.2 Å². The topological polar surface area (TPSA) is 87.9 Å². The lowest BCUT2D eigenvalue weighted by Gasteiger charge is -2.50. The van der Waals surface area contributed by atoms with Gasteiger partial charge in [0.25, 0.3) is 5.56 Å². The van der Waals surface area contributed by atoms with Gasteiger partial charge in [0.1, 0.15) is 24.0 Å². The van der Waals surface area contributed by atoms with Crippen molar-refractivity contribution < 1.29 is 32.2 Å². The van der Waals surface area contributed by atoms with Crippen molar-refractivity contribution >= 4 is 22.5 Å². The molecule has 12 heteroatoms. The summed E-state index contributed by atoms with van der Waals surface area (Å²) in [6, 6.07) is 3.88. The van der Waals surface area contributed by atoms with Gasteiger partial charge in [-0.05, 0) is 55.7 Å². The molecule has 45 heavy (non-hydrogen) atoms. The van der Waals surface area contributed by atoms with Gasteiger partial charge in [-0.1, -0.05) is 26.5 Å². The summed E-state index contributed by atoms with van der Waals surface area (Å²) in [5, 5.41) is 10.3. The Morgan fingerprint density at radius 3 is 2.56 bits per heavy atom. The number of aromatic nitrogens is 2. The second-order valence-electron chi connectivity index (χ2n) is 11.6. The molecule has 1 saturated heterocycles. The highest BCUT2D eigenvalue weighted by Gasteiger charge is 2.47. The molecule has 1 fully saturated rings. The van der Waals surface area contributed by atoms with Crippen molar-refractivity contribution in [2.24, 2.45) is 0 Å². The highest BCUT2D eigenvalue weighted by molar-refractivity contribution is 6.00. The number of piperazine rings is 1. The molecular formula is C33H30F4N4O4. The normalized spacial score (nSPS) is 19.4. The summed E-state index contributed by atoms with van der Waals surface area (Å²) in [5.41, 5.74) is -2.03. The van der Waals surface area contributed by atoms with Crippen molar-refractivity contribution in [3.63, 3.8) is 0 Å². The standard InChI is InChI=1S/C33H30F4N4O4/c1-6-23(43)39-13-18-14-45-31-30(40(18)32(37)17(39)5)19-12-21(35)25(24-20(34)8-7-9-22(24)42)26(36)29(19)41(33(31)44)28-16(4)10-11-38-27(28)15(2)3/h6-12,15,17-18,32,42H,1,13-14H2,2-5H3. The number of rotatable bonds is 4. The monoisotopic (exact) mass is 622 g/mol. The van der Waals surface area contributed by atoms with Gasteiger partial charge in [-0.3, -0.25) is 19.1 Å². The summed E-state index contributed by atoms with van der Waals surface area (Å²) in [5.74, 6) is -5.52. The zero-order valence-electron chi connectivity index (χ0n) is 24.9. The molecule has 0 bridgehead atoms. The van der Waals surface area contributed by atoms with Crippen LogP contribution in [0.3, 0.4) is 0 Å². The Labute approximate surface area is 255 Å². The molecular weight excluding hydrogens is 592 g/mol. The number of pyridine rings is 2. The van der Waals surface area contributed by atoms with Crippen LogP contribution in [-0.4, -0.2) is 57.0 Å². The van der Waals surface area contributed by atoms with Gasteiger partial charge in [0.2, 0.25) is 11.7 Å². The third-order valence-electron chi connectivity index (χ3n) is 8.54. The molecule has 0 saturated carbocycles. The van der Waals surface area contributed by atoms with E-state index >= 15 is 17.6 Å². The van der Waals surface area contributed by atoms with E-state index in [1.807, 2.05) is 13.8 Å². The smallest absolute Gasteiger partial charge is 0.300 e. The number of phenols is 1. The van der Waals surface area contributed by atoms with Crippen LogP contribution in [0.1, 0.15) is 37.9 Å². The van der Waals surface area contributed by atoms with Crippen molar-refractivity contribution in [3.8, 4) is 28.3 Å². The van der Waals surface area contributed by atoms with Gasteiger partial charge in [0.15, 0.2) is 12.1 Å². The molecule has 2 aliphatic heterocycles. The fraction of sp³-hybridized carbons (Fsp3) is 0.303. The molecule has 2 aromatic carbocycles. The zero-order chi connectivity index (χ0) is 32.5. The Hall–Kier alpha value is -4.87. The van der Waals surface area contributed by atoms with E-state index in [-0.39, 0.29) is 41.6 Å². The van der Waals surface area contributed by atoms with E-state index in [0.29, 0.717) is 11.3 Å². The molecule has 4 aromatic rings. The lowest BCUT2D eigenvalue weighted by Crippen LogP contribution is -2.65. The molecule has 0 spiro atoms. The number of benzene rings is 2. The second-order valence-corrected chi connectivity index (χ2v) is 11.6. The average molecular weight is 623 g/mol. The number of amides is 1. The molecule has 3 atom stereocenters. The van der Waals surface area contributed by atoms with Crippen molar-refractivity contribution in [1.29, 1.82) is 0 Å². The molecule has 2 aromatic heterocycles. The van der Waals surface area contributed by atoms with Crippen LogP contribution in [0, 0.1) is 24.4 Å². The number of phenolic OH excluding ortho intramolecular Hbond substituents is 1. The maximum absolute atomic E-state index is 17.0. The number of halogens is 4. The number of hydrogen-bond donors (Lipinski definition) is 1. The molecule has 6 rings (SSSR count). The maximum Gasteiger partial charge on any atom is 0.300 e. The third-order valence-corrected chi connectivity index (χ3v) is 8.54. The third kappa shape index (κ3) is 4.45. The lowest BCUT2D eigenvalue weighted by molar-refractivity contribution is -0.131. The number of carbonyl (C=O) groups is 1. The van der Waals surface area contributed by atoms with Crippen molar-refractivity contribution in [3.05, 3.63) is 88.2 Å². The van der Waals surface area contributed by atoms with Crippen LogP contribution < -0.4 is 15.2 Å². The summed E-state index contributed by atoms with van der Waals surface area (Å²) in [6.45, 7) is 10.1. The maximum atomic E-state index is 17.0. The minimum atomic E-state index is -1.90. The van der Waals surface area contributed by atoms with Crippen molar-refractivity contribution in [2.75, 3.05) is 18.1 Å². The average Bonchev–Trinajstić information content (AvgIpc) is 3.00. The largest absolute Gasteiger partial charge is 0.507 e. The van der Waals surface area contributed by atoms with E-state index in [2.05, 4.69) is 11.6 Å². The lowest BCUT2D eigenvalue weighted by atomic mass is 9.96. The molecule has 4 heterocycles. The summed E-state index contributed by atoms with van der Waals surface area (Å²) >= 11 is 0. The number of alkyl halides is 1. The Morgan fingerprint density at radius 2 is 1.89 bits per heavy atom. The Balaban J connectivity index is 1.77. The number of nitrogens with zero attached hydrogens (tertiary/aromatic N) is 4. The summed E-state index contributed by atoms with van der Waals surface area (Å²) in [7, 11) is 0. The van der Waals surface area contributed by atoms with Gasteiger partial charge in [0.05, 0.1) is 45.8 Å². The molecule has 0 radical (unpaired) electrons. The van der Waals surface area contributed by atoms with Crippen molar-refractivity contribution in [2.45, 2.75) is 52.0 Å².